The Labute approximate surface area is 219 Å². The molecule has 0 aliphatic carbocycles. The van der Waals surface area contributed by atoms with E-state index in [-0.39, 0.29) is 21.3 Å². The number of carbonyl (C=O) groups is 3. The smallest absolute Gasteiger partial charge is 0.353 e. The standard InChI is InChI=1S/C26H36N2O7SSi/c1-16-21-20(17(2)35-37(3,4)5)25(30)28(21)22(26(31)32)23(16)36(33,34)19-13-9-8-12-18(19)24(29)27-14-10-6-7-11-15-27/h8-9,12-13,16-17,20-21H,6-7,10-11,14-15H2,1-5H3,(H,31,32)/t16?,17?,20?,21-/m0/s1. The SMILES string of the molecule is CC(O[Si](C)(C)C)C1C(=O)N2C(C(=O)O)=C(S(=O)(=O)c3ccccc3C(=O)N3CCCCCC3)C(C)[C@@H]12. The fourth-order valence-corrected chi connectivity index (χ4v) is 9.22. The molecule has 11 heteroatoms. The van der Waals surface area contributed by atoms with Crippen LogP contribution in [0.1, 0.15) is 49.9 Å². The number of benzene rings is 1. The lowest BCUT2D eigenvalue weighted by atomic mass is 9.79. The van der Waals surface area contributed by atoms with E-state index in [9.17, 15) is 27.9 Å². The summed E-state index contributed by atoms with van der Waals surface area (Å²) in [6, 6.07) is 5.33. The highest BCUT2D eigenvalue weighted by Gasteiger charge is 2.62. The highest BCUT2D eigenvalue weighted by molar-refractivity contribution is 7.95. The van der Waals surface area contributed by atoms with Crippen molar-refractivity contribution in [2.45, 2.75) is 76.2 Å². The Morgan fingerprint density at radius 1 is 1.08 bits per heavy atom. The van der Waals surface area contributed by atoms with Crippen LogP contribution in [0.2, 0.25) is 19.6 Å². The van der Waals surface area contributed by atoms with Gasteiger partial charge in [-0.3, -0.25) is 9.59 Å². The van der Waals surface area contributed by atoms with Crippen LogP contribution in [0.15, 0.2) is 39.8 Å². The lowest BCUT2D eigenvalue weighted by molar-refractivity contribution is -0.162. The molecule has 4 atom stereocenters. The minimum Gasteiger partial charge on any atom is -0.477 e. The fraction of sp³-hybridized carbons (Fsp3) is 0.577. The van der Waals surface area contributed by atoms with Crippen molar-refractivity contribution in [2.75, 3.05) is 13.1 Å². The molecule has 1 N–H and O–H groups in total. The summed E-state index contributed by atoms with van der Waals surface area (Å²) in [5.41, 5.74) is -0.489. The number of fused-ring (bicyclic) bond motifs is 1. The summed E-state index contributed by atoms with van der Waals surface area (Å²) in [4.78, 5) is 41.2. The number of hydrogen-bond acceptors (Lipinski definition) is 6. The van der Waals surface area contributed by atoms with Gasteiger partial charge in [-0.15, -0.1) is 0 Å². The number of amides is 2. The van der Waals surface area contributed by atoms with Gasteiger partial charge < -0.3 is 19.3 Å². The van der Waals surface area contributed by atoms with Crippen molar-refractivity contribution in [2.24, 2.45) is 11.8 Å². The second-order valence-corrected chi connectivity index (χ2v) is 17.5. The van der Waals surface area contributed by atoms with E-state index in [0.29, 0.717) is 13.1 Å². The molecule has 1 aromatic carbocycles. The summed E-state index contributed by atoms with van der Waals surface area (Å²) in [5, 5.41) is 10.1. The van der Waals surface area contributed by atoms with E-state index in [1.54, 1.807) is 24.8 Å². The molecule has 37 heavy (non-hydrogen) atoms. The summed E-state index contributed by atoms with van der Waals surface area (Å²) in [6.07, 6.45) is 3.26. The van der Waals surface area contributed by atoms with Gasteiger partial charge in [-0.05, 0) is 51.5 Å². The highest BCUT2D eigenvalue weighted by atomic mass is 32.2. The molecule has 0 bridgehead atoms. The maximum Gasteiger partial charge on any atom is 0.353 e. The Balaban J connectivity index is 1.75. The fourth-order valence-electron chi connectivity index (χ4n) is 5.95. The second kappa shape index (κ2) is 9.99. The maximum atomic E-state index is 14.1. The third-order valence-corrected chi connectivity index (χ3v) is 10.6. The number of nitrogens with zero attached hydrogens (tertiary/aromatic N) is 2. The molecule has 2 fully saturated rings. The van der Waals surface area contributed by atoms with Crippen molar-refractivity contribution in [1.29, 1.82) is 0 Å². The Morgan fingerprint density at radius 2 is 1.68 bits per heavy atom. The van der Waals surface area contributed by atoms with Gasteiger partial charge in [-0.1, -0.05) is 31.9 Å². The molecule has 4 rings (SSSR count). The monoisotopic (exact) mass is 548 g/mol. The summed E-state index contributed by atoms with van der Waals surface area (Å²) in [5.74, 6) is -3.71. The number of hydrogen-bond donors (Lipinski definition) is 1. The molecule has 9 nitrogen and oxygen atoms in total. The van der Waals surface area contributed by atoms with Crippen LogP contribution in [0.25, 0.3) is 0 Å². The summed E-state index contributed by atoms with van der Waals surface area (Å²) in [6.45, 7) is 10.5. The van der Waals surface area contributed by atoms with Crippen LogP contribution in [0.4, 0.5) is 0 Å². The molecule has 3 aliphatic heterocycles. The van der Waals surface area contributed by atoms with Crippen LogP contribution in [0.5, 0.6) is 0 Å². The molecular formula is C26H36N2O7SSi. The molecule has 1 aromatic rings. The quantitative estimate of drug-likeness (QED) is 0.409. The van der Waals surface area contributed by atoms with E-state index in [1.165, 1.54) is 18.2 Å². The van der Waals surface area contributed by atoms with E-state index in [2.05, 4.69) is 0 Å². The Bertz CT molecular complexity index is 1250. The third kappa shape index (κ3) is 4.88. The zero-order valence-corrected chi connectivity index (χ0v) is 23.9. The lowest BCUT2D eigenvalue weighted by Gasteiger charge is -2.48. The predicted octanol–water partition coefficient (Wildman–Crippen LogP) is 3.49. The third-order valence-electron chi connectivity index (χ3n) is 7.43. The number of carbonyl (C=O) groups excluding carboxylic acids is 2. The number of sulfone groups is 1. The number of carboxylic acid groups (broad SMARTS) is 1. The average molecular weight is 549 g/mol. The van der Waals surface area contributed by atoms with Gasteiger partial charge in [0.05, 0.1) is 33.4 Å². The van der Waals surface area contributed by atoms with E-state index in [0.717, 1.165) is 30.6 Å². The van der Waals surface area contributed by atoms with Gasteiger partial charge in [-0.2, -0.15) is 0 Å². The van der Waals surface area contributed by atoms with Crippen molar-refractivity contribution in [1.82, 2.24) is 9.80 Å². The number of likely N-dealkylation sites (tertiary alicyclic amines) is 1. The molecular weight excluding hydrogens is 512 g/mol. The molecule has 0 aromatic heterocycles. The van der Waals surface area contributed by atoms with E-state index in [4.69, 9.17) is 4.43 Å². The van der Waals surface area contributed by atoms with Crippen LogP contribution in [-0.2, 0) is 23.9 Å². The molecule has 3 heterocycles. The van der Waals surface area contributed by atoms with Crippen molar-refractivity contribution < 1.29 is 32.3 Å². The first-order valence-electron chi connectivity index (χ1n) is 12.9. The number of rotatable bonds is 7. The molecule has 2 saturated heterocycles. The number of aliphatic carboxylic acids is 1. The van der Waals surface area contributed by atoms with Gasteiger partial charge in [-0.25, -0.2) is 13.2 Å². The van der Waals surface area contributed by atoms with Gasteiger partial charge in [0.2, 0.25) is 15.7 Å². The Kier molecular flexibility index (Phi) is 7.44. The largest absolute Gasteiger partial charge is 0.477 e. The van der Waals surface area contributed by atoms with Crippen molar-refractivity contribution in [3.8, 4) is 0 Å². The summed E-state index contributed by atoms with van der Waals surface area (Å²) in [7, 11) is -6.42. The first kappa shape index (κ1) is 27.5. The second-order valence-electron chi connectivity index (χ2n) is 11.2. The Hall–Kier alpha value is -2.50. The first-order chi connectivity index (χ1) is 17.3. The minimum atomic E-state index is -4.41. The van der Waals surface area contributed by atoms with E-state index >= 15 is 0 Å². The summed E-state index contributed by atoms with van der Waals surface area (Å²) >= 11 is 0. The maximum absolute atomic E-state index is 14.1. The van der Waals surface area contributed by atoms with Gasteiger partial charge in [0.25, 0.3) is 5.91 Å². The molecule has 3 unspecified atom stereocenters. The van der Waals surface area contributed by atoms with Gasteiger partial charge in [0.1, 0.15) is 5.70 Å². The van der Waals surface area contributed by atoms with E-state index < -0.39 is 59.7 Å². The normalized spacial score (nSPS) is 25.4. The highest BCUT2D eigenvalue weighted by Crippen LogP contribution is 2.50. The van der Waals surface area contributed by atoms with E-state index in [1.807, 2.05) is 19.6 Å². The number of β-lactam (4-membered cyclic amide) rings is 1. The molecule has 2 amide bonds. The molecule has 202 valence electrons. The predicted molar refractivity (Wildman–Crippen MR) is 140 cm³/mol. The average Bonchev–Trinajstić information content (AvgIpc) is 2.95. The van der Waals surface area contributed by atoms with Gasteiger partial charge >= 0.3 is 5.97 Å². The minimum absolute atomic E-state index is 0.0291. The zero-order chi connectivity index (χ0) is 27.3. The molecule has 0 radical (unpaired) electrons. The van der Waals surface area contributed by atoms with Crippen LogP contribution in [0.3, 0.4) is 0 Å². The Morgan fingerprint density at radius 3 is 2.24 bits per heavy atom. The van der Waals surface area contributed by atoms with Crippen molar-refractivity contribution in [3.63, 3.8) is 0 Å². The van der Waals surface area contributed by atoms with Crippen LogP contribution in [0, 0.1) is 11.8 Å². The van der Waals surface area contributed by atoms with Crippen molar-refractivity contribution in [3.05, 3.63) is 40.4 Å². The van der Waals surface area contributed by atoms with Crippen molar-refractivity contribution >= 4 is 35.9 Å². The molecule has 0 saturated carbocycles. The lowest BCUT2D eigenvalue weighted by Crippen LogP contribution is -2.64. The zero-order valence-electron chi connectivity index (χ0n) is 22.1. The van der Waals surface area contributed by atoms with Crippen LogP contribution < -0.4 is 0 Å². The summed E-state index contributed by atoms with van der Waals surface area (Å²) < 4.78 is 34.3. The van der Waals surface area contributed by atoms with Crippen LogP contribution in [-0.4, -0.2) is 74.7 Å². The molecule has 0 spiro atoms. The van der Waals surface area contributed by atoms with Gasteiger partial charge in [0, 0.05) is 19.0 Å². The first-order valence-corrected chi connectivity index (χ1v) is 17.8. The van der Waals surface area contributed by atoms with Gasteiger partial charge in [0.15, 0.2) is 8.32 Å². The number of carboxylic acids is 1. The topological polar surface area (TPSA) is 121 Å². The van der Waals surface area contributed by atoms with Crippen LogP contribution >= 0.6 is 0 Å². The molecule has 3 aliphatic rings.